The van der Waals surface area contributed by atoms with Gasteiger partial charge in [-0.05, 0) is 18.6 Å². The molecule has 0 fully saturated rings. The molecule has 1 aromatic heterocycles. The highest BCUT2D eigenvalue weighted by molar-refractivity contribution is 5.52. The van der Waals surface area contributed by atoms with Gasteiger partial charge in [-0.1, -0.05) is 13.8 Å². The summed E-state index contributed by atoms with van der Waals surface area (Å²) in [5.41, 5.74) is 1.13. The highest BCUT2D eigenvalue weighted by Gasteiger charge is 2.09. The summed E-state index contributed by atoms with van der Waals surface area (Å²) in [6.07, 6.45) is 1.83. The second kappa shape index (κ2) is 4.70. The van der Waals surface area contributed by atoms with Crippen molar-refractivity contribution in [3.8, 4) is 5.75 Å². The van der Waals surface area contributed by atoms with Crippen molar-refractivity contribution in [2.24, 2.45) is 0 Å². The molecule has 3 heteroatoms. The third-order valence-corrected chi connectivity index (χ3v) is 1.64. The van der Waals surface area contributed by atoms with Crippen LogP contribution in [0.3, 0.4) is 0 Å². The van der Waals surface area contributed by atoms with E-state index >= 15 is 0 Å². The monoisotopic (exact) mass is 180 g/mol. The zero-order valence-corrected chi connectivity index (χ0v) is 8.42. The molecule has 1 aromatic rings. The van der Waals surface area contributed by atoms with Gasteiger partial charge >= 0.3 is 0 Å². The van der Waals surface area contributed by atoms with Crippen molar-refractivity contribution in [3.05, 3.63) is 17.8 Å². The Morgan fingerprint density at radius 3 is 3.00 bits per heavy atom. The Hall–Kier alpha value is -1.25. The van der Waals surface area contributed by atoms with E-state index in [0.29, 0.717) is 0 Å². The van der Waals surface area contributed by atoms with Gasteiger partial charge in [0.25, 0.3) is 0 Å². The van der Waals surface area contributed by atoms with Crippen LogP contribution in [0, 0.1) is 6.92 Å². The molecule has 0 atom stereocenters. The molecule has 1 N–H and O–H groups in total. The summed E-state index contributed by atoms with van der Waals surface area (Å²) in [6, 6.07) is 1.99. The molecule has 2 rings (SSSR count). The number of fused-ring (bicyclic) bond motifs is 1. The smallest absolute Gasteiger partial charge is 0.168 e. The fourth-order valence-electron chi connectivity index (χ4n) is 1.12. The predicted octanol–water partition coefficient (Wildman–Crippen LogP) is 2.22. The Labute approximate surface area is 79.1 Å². The van der Waals surface area contributed by atoms with Crippen molar-refractivity contribution in [1.29, 1.82) is 0 Å². The number of aromatic nitrogens is 1. The minimum atomic E-state index is 0.734. The Bertz CT molecular complexity index is 274. The summed E-state index contributed by atoms with van der Waals surface area (Å²) in [5, 5.41) is 3.15. The zero-order chi connectivity index (χ0) is 9.68. The molecule has 2 heterocycles. The van der Waals surface area contributed by atoms with Gasteiger partial charge in [0, 0.05) is 6.20 Å². The largest absolute Gasteiger partial charge is 0.488 e. The number of nitrogens with zero attached hydrogens (tertiary/aromatic N) is 1. The summed E-state index contributed by atoms with van der Waals surface area (Å²) < 4.78 is 5.38. The number of pyridine rings is 1. The lowest BCUT2D eigenvalue weighted by atomic mass is 10.3. The van der Waals surface area contributed by atoms with Gasteiger partial charge in [0.05, 0.1) is 6.54 Å². The fraction of sp³-hybridized carbons (Fsp3) is 0.500. The molecule has 1 aliphatic heterocycles. The zero-order valence-electron chi connectivity index (χ0n) is 8.42. The number of aryl methyl sites for hydroxylation is 1. The first kappa shape index (κ1) is 9.84. The van der Waals surface area contributed by atoms with Crippen molar-refractivity contribution < 1.29 is 4.74 Å². The molecule has 0 bridgehead atoms. The van der Waals surface area contributed by atoms with Gasteiger partial charge in [0.1, 0.15) is 6.61 Å². The maximum absolute atomic E-state index is 5.38. The molecule has 0 spiro atoms. The second-order valence-corrected chi connectivity index (χ2v) is 2.63. The molecule has 3 nitrogen and oxygen atoms in total. The molecule has 0 radical (unpaired) electrons. The standard InChI is InChI=1S/C8H10N2O.C2H6/c1-6-4-7-8(10-5-6)9-2-3-11-7;1-2/h4-5H,2-3H2,1H3,(H,9,10);1-2H3. The van der Waals surface area contributed by atoms with Crippen molar-refractivity contribution in [1.82, 2.24) is 4.98 Å². The highest BCUT2D eigenvalue weighted by Crippen LogP contribution is 2.24. The van der Waals surface area contributed by atoms with Gasteiger partial charge in [-0.3, -0.25) is 0 Å². The van der Waals surface area contributed by atoms with E-state index < -0.39 is 0 Å². The van der Waals surface area contributed by atoms with Gasteiger partial charge in [-0.25, -0.2) is 4.98 Å². The third kappa shape index (κ3) is 2.34. The van der Waals surface area contributed by atoms with E-state index in [4.69, 9.17) is 4.74 Å². The molecule has 13 heavy (non-hydrogen) atoms. The lowest BCUT2D eigenvalue weighted by Gasteiger charge is -2.17. The highest BCUT2D eigenvalue weighted by atomic mass is 16.5. The van der Waals surface area contributed by atoms with E-state index in [1.807, 2.05) is 33.0 Å². The van der Waals surface area contributed by atoms with E-state index in [1.54, 1.807) is 0 Å². The van der Waals surface area contributed by atoms with Crippen molar-refractivity contribution in [2.75, 3.05) is 18.5 Å². The summed E-state index contributed by atoms with van der Waals surface area (Å²) in [5.74, 6) is 1.73. The van der Waals surface area contributed by atoms with Crippen LogP contribution in [0.5, 0.6) is 5.75 Å². The van der Waals surface area contributed by atoms with Crippen molar-refractivity contribution in [3.63, 3.8) is 0 Å². The molecule has 0 amide bonds. The van der Waals surface area contributed by atoms with Gasteiger partial charge in [-0.15, -0.1) is 0 Å². The number of hydrogen-bond acceptors (Lipinski definition) is 3. The van der Waals surface area contributed by atoms with Crippen LogP contribution in [-0.4, -0.2) is 18.1 Å². The quantitative estimate of drug-likeness (QED) is 0.664. The summed E-state index contributed by atoms with van der Waals surface area (Å²) >= 11 is 0. The normalized spacial score (nSPS) is 12.8. The van der Waals surface area contributed by atoms with Crippen molar-refractivity contribution in [2.45, 2.75) is 20.8 Å². The average molecular weight is 180 g/mol. The van der Waals surface area contributed by atoms with Crippen LogP contribution in [0.15, 0.2) is 12.3 Å². The van der Waals surface area contributed by atoms with Gasteiger partial charge in [0.2, 0.25) is 0 Å². The number of ether oxygens (including phenoxy) is 1. The first-order chi connectivity index (χ1) is 6.36. The minimum absolute atomic E-state index is 0.734. The molecule has 0 aliphatic carbocycles. The maximum Gasteiger partial charge on any atom is 0.168 e. The van der Waals surface area contributed by atoms with Crippen LogP contribution in [-0.2, 0) is 0 Å². The number of anilines is 1. The van der Waals surface area contributed by atoms with E-state index in [9.17, 15) is 0 Å². The number of hydrogen-bond donors (Lipinski definition) is 1. The van der Waals surface area contributed by atoms with E-state index in [0.717, 1.165) is 30.3 Å². The van der Waals surface area contributed by atoms with Gasteiger partial charge in [0.15, 0.2) is 11.6 Å². The molecule has 0 saturated carbocycles. The molecule has 1 aliphatic rings. The molecular weight excluding hydrogens is 164 g/mol. The van der Waals surface area contributed by atoms with E-state index in [2.05, 4.69) is 10.3 Å². The topological polar surface area (TPSA) is 34.1 Å². The second-order valence-electron chi connectivity index (χ2n) is 2.63. The Morgan fingerprint density at radius 2 is 2.23 bits per heavy atom. The summed E-state index contributed by atoms with van der Waals surface area (Å²) in [7, 11) is 0. The van der Waals surface area contributed by atoms with Crippen LogP contribution in [0.1, 0.15) is 19.4 Å². The van der Waals surface area contributed by atoms with Crippen LogP contribution in [0.25, 0.3) is 0 Å². The first-order valence-electron chi connectivity index (χ1n) is 4.69. The van der Waals surface area contributed by atoms with E-state index in [1.165, 1.54) is 0 Å². The molecule has 0 unspecified atom stereocenters. The van der Waals surface area contributed by atoms with E-state index in [-0.39, 0.29) is 0 Å². The Morgan fingerprint density at radius 1 is 1.46 bits per heavy atom. The molecule has 72 valence electrons. The lowest BCUT2D eigenvalue weighted by Crippen LogP contribution is -2.18. The predicted molar refractivity (Wildman–Crippen MR) is 54.3 cm³/mol. The Kier molecular flexibility index (Phi) is 3.55. The average Bonchev–Trinajstić information content (AvgIpc) is 2.21. The summed E-state index contributed by atoms with van der Waals surface area (Å²) in [4.78, 5) is 4.18. The van der Waals surface area contributed by atoms with Crippen LogP contribution in [0.2, 0.25) is 0 Å². The summed E-state index contributed by atoms with van der Waals surface area (Å²) in [6.45, 7) is 7.59. The number of nitrogens with one attached hydrogen (secondary N) is 1. The maximum atomic E-state index is 5.38. The van der Waals surface area contributed by atoms with Crippen molar-refractivity contribution >= 4 is 5.82 Å². The molecule has 0 aromatic carbocycles. The van der Waals surface area contributed by atoms with Crippen LogP contribution < -0.4 is 10.1 Å². The lowest BCUT2D eigenvalue weighted by molar-refractivity contribution is 0.321. The minimum Gasteiger partial charge on any atom is -0.488 e. The SMILES string of the molecule is CC.Cc1cnc2c(c1)OCCN2. The first-order valence-corrected chi connectivity index (χ1v) is 4.69. The fourth-order valence-corrected chi connectivity index (χ4v) is 1.12. The van der Waals surface area contributed by atoms with Crippen LogP contribution >= 0.6 is 0 Å². The van der Waals surface area contributed by atoms with Gasteiger partial charge in [-0.2, -0.15) is 0 Å². The Balaban J connectivity index is 0.000000396. The van der Waals surface area contributed by atoms with Gasteiger partial charge < -0.3 is 10.1 Å². The number of rotatable bonds is 0. The molecular formula is C10H16N2O. The third-order valence-electron chi connectivity index (χ3n) is 1.64. The molecule has 0 saturated heterocycles. The van der Waals surface area contributed by atoms with Crippen LogP contribution in [0.4, 0.5) is 5.82 Å².